The summed E-state index contributed by atoms with van der Waals surface area (Å²) in [6.45, 7) is 3.12. The van der Waals surface area contributed by atoms with Crippen molar-refractivity contribution in [2.24, 2.45) is 0 Å². The third kappa shape index (κ3) is 4.77. The summed E-state index contributed by atoms with van der Waals surface area (Å²) in [4.78, 5) is 23.3. The third-order valence-electron chi connectivity index (χ3n) is 3.91. The van der Waals surface area contributed by atoms with Crippen molar-refractivity contribution >= 4 is 21.9 Å². The highest BCUT2D eigenvalue weighted by Crippen LogP contribution is 2.17. The van der Waals surface area contributed by atoms with E-state index in [-0.39, 0.29) is 10.5 Å². The van der Waals surface area contributed by atoms with Gasteiger partial charge in [-0.2, -0.15) is 4.31 Å². The van der Waals surface area contributed by atoms with E-state index >= 15 is 0 Å². The number of hydrogen-bond acceptors (Lipinski definition) is 5. The minimum atomic E-state index is -3.62. The smallest absolute Gasteiger partial charge is 0.326 e. The van der Waals surface area contributed by atoms with Crippen LogP contribution in [0.1, 0.15) is 30.1 Å². The molecule has 0 bridgehead atoms. The number of carboxylic acid groups (broad SMARTS) is 1. The minimum absolute atomic E-state index is 0.0919. The van der Waals surface area contributed by atoms with E-state index in [0.717, 1.165) is 0 Å². The van der Waals surface area contributed by atoms with Gasteiger partial charge in [-0.1, -0.05) is 13.3 Å². The molecule has 1 aromatic carbocycles. The second-order valence-electron chi connectivity index (χ2n) is 5.69. The van der Waals surface area contributed by atoms with Crippen molar-refractivity contribution in [1.29, 1.82) is 0 Å². The third-order valence-corrected chi connectivity index (χ3v) is 5.82. The van der Waals surface area contributed by atoms with Crippen molar-refractivity contribution in [3.63, 3.8) is 0 Å². The summed E-state index contributed by atoms with van der Waals surface area (Å²) in [5, 5.41) is 11.5. The number of ether oxygens (including phenoxy) is 1. The Morgan fingerprint density at radius 1 is 1.24 bits per heavy atom. The summed E-state index contributed by atoms with van der Waals surface area (Å²) in [6, 6.07) is 4.51. The molecule has 8 nitrogen and oxygen atoms in total. The van der Waals surface area contributed by atoms with Crippen LogP contribution in [0.25, 0.3) is 0 Å². The molecule has 138 valence electrons. The van der Waals surface area contributed by atoms with Gasteiger partial charge in [-0.05, 0) is 30.7 Å². The van der Waals surface area contributed by atoms with Crippen LogP contribution in [0.4, 0.5) is 0 Å². The lowest BCUT2D eigenvalue weighted by atomic mass is 10.1. The SMILES string of the molecule is CCCC(NC(=O)c1ccc(S(=O)(=O)N2CCOCC2)cc1)C(=O)O. The van der Waals surface area contributed by atoms with E-state index in [2.05, 4.69) is 5.32 Å². The number of sulfonamides is 1. The molecule has 0 aromatic heterocycles. The first-order valence-electron chi connectivity index (χ1n) is 8.08. The molecular weight excluding hydrogens is 348 g/mol. The van der Waals surface area contributed by atoms with Crippen LogP contribution in [0.2, 0.25) is 0 Å². The highest BCUT2D eigenvalue weighted by molar-refractivity contribution is 7.89. The Hall–Kier alpha value is -1.97. The lowest BCUT2D eigenvalue weighted by molar-refractivity contribution is -0.139. The van der Waals surface area contributed by atoms with E-state index in [1.54, 1.807) is 0 Å². The van der Waals surface area contributed by atoms with Gasteiger partial charge in [-0.3, -0.25) is 4.79 Å². The van der Waals surface area contributed by atoms with Gasteiger partial charge >= 0.3 is 5.97 Å². The largest absolute Gasteiger partial charge is 0.480 e. The van der Waals surface area contributed by atoms with Gasteiger partial charge in [-0.15, -0.1) is 0 Å². The molecule has 1 unspecified atom stereocenters. The summed E-state index contributed by atoms with van der Waals surface area (Å²) in [5.41, 5.74) is 0.211. The zero-order valence-corrected chi connectivity index (χ0v) is 14.8. The zero-order chi connectivity index (χ0) is 18.4. The first-order chi connectivity index (χ1) is 11.9. The monoisotopic (exact) mass is 370 g/mol. The Balaban J connectivity index is 2.10. The number of amides is 1. The maximum absolute atomic E-state index is 12.5. The van der Waals surface area contributed by atoms with E-state index in [1.165, 1.54) is 28.6 Å². The maximum Gasteiger partial charge on any atom is 0.326 e. The predicted octanol–water partition coefficient (Wildman–Crippen LogP) is 0.691. The van der Waals surface area contributed by atoms with Gasteiger partial charge in [0.05, 0.1) is 18.1 Å². The molecular formula is C16H22N2O6S. The molecule has 1 aliphatic heterocycles. The molecule has 1 amide bonds. The fourth-order valence-corrected chi connectivity index (χ4v) is 3.91. The molecule has 1 heterocycles. The average molecular weight is 370 g/mol. The van der Waals surface area contributed by atoms with Crippen LogP contribution in [-0.4, -0.2) is 62.1 Å². The lowest BCUT2D eigenvalue weighted by Crippen LogP contribution is -2.41. The van der Waals surface area contributed by atoms with E-state index in [9.17, 15) is 18.0 Å². The molecule has 25 heavy (non-hydrogen) atoms. The number of morpholine rings is 1. The van der Waals surface area contributed by atoms with Crippen LogP contribution in [0.15, 0.2) is 29.2 Å². The molecule has 1 fully saturated rings. The minimum Gasteiger partial charge on any atom is -0.480 e. The Morgan fingerprint density at radius 2 is 1.84 bits per heavy atom. The number of aliphatic carboxylic acids is 1. The van der Waals surface area contributed by atoms with Crippen molar-refractivity contribution in [3.8, 4) is 0 Å². The van der Waals surface area contributed by atoms with Crippen LogP contribution in [0, 0.1) is 0 Å². The molecule has 0 aliphatic carbocycles. The zero-order valence-electron chi connectivity index (χ0n) is 14.0. The number of benzene rings is 1. The number of hydrogen-bond donors (Lipinski definition) is 2. The van der Waals surface area contributed by atoms with Gasteiger partial charge in [0, 0.05) is 18.7 Å². The molecule has 1 saturated heterocycles. The van der Waals surface area contributed by atoms with Gasteiger partial charge in [0.15, 0.2) is 0 Å². The fourth-order valence-electron chi connectivity index (χ4n) is 2.50. The van der Waals surface area contributed by atoms with Crippen LogP contribution >= 0.6 is 0 Å². The number of carboxylic acids is 1. The molecule has 9 heteroatoms. The summed E-state index contributed by atoms with van der Waals surface area (Å²) in [6.07, 6.45) is 0.943. The lowest BCUT2D eigenvalue weighted by Gasteiger charge is -2.26. The molecule has 0 radical (unpaired) electrons. The Labute approximate surface area is 146 Å². The highest BCUT2D eigenvalue weighted by atomic mass is 32.2. The van der Waals surface area contributed by atoms with Crippen LogP contribution in [-0.2, 0) is 19.6 Å². The average Bonchev–Trinajstić information content (AvgIpc) is 2.62. The van der Waals surface area contributed by atoms with Crippen LogP contribution in [0.3, 0.4) is 0 Å². The van der Waals surface area contributed by atoms with Crippen molar-refractivity contribution < 1.29 is 27.9 Å². The van der Waals surface area contributed by atoms with Gasteiger partial charge in [0.25, 0.3) is 5.91 Å². The van der Waals surface area contributed by atoms with Crippen LogP contribution < -0.4 is 5.32 Å². The van der Waals surface area contributed by atoms with E-state index in [4.69, 9.17) is 9.84 Å². The Morgan fingerprint density at radius 3 is 2.36 bits per heavy atom. The summed E-state index contributed by atoms with van der Waals surface area (Å²) in [5.74, 6) is -1.64. The second kappa shape index (κ2) is 8.41. The normalized spacial score (nSPS) is 17.0. The summed E-state index contributed by atoms with van der Waals surface area (Å²) in [7, 11) is -3.62. The molecule has 1 aliphatic rings. The second-order valence-corrected chi connectivity index (χ2v) is 7.63. The van der Waals surface area contributed by atoms with E-state index in [1.807, 2.05) is 6.92 Å². The van der Waals surface area contributed by atoms with Crippen molar-refractivity contribution in [2.75, 3.05) is 26.3 Å². The van der Waals surface area contributed by atoms with E-state index < -0.39 is 27.9 Å². The fraction of sp³-hybridized carbons (Fsp3) is 0.500. The molecule has 2 N–H and O–H groups in total. The van der Waals surface area contributed by atoms with Crippen LogP contribution in [0.5, 0.6) is 0 Å². The van der Waals surface area contributed by atoms with Gasteiger partial charge < -0.3 is 15.2 Å². The van der Waals surface area contributed by atoms with E-state index in [0.29, 0.717) is 39.1 Å². The molecule has 0 spiro atoms. The highest BCUT2D eigenvalue weighted by Gasteiger charge is 2.26. The standard InChI is InChI=1S/C16H22N2O6S/c1-2-3-14(16(20)21)17-15(19)12-4-6-13(7-5-12)25(22,23)18-8-10-24-11-9-18/h4-7,14H,2-3,8-11H2,1H3,(H,17,19)(H,20,21). The first-order valence-corrected chi connectivity index (χ1v) is 9.52. The first kappa shape index (κ1) is 19.4. The maximum atomic E-state index is 12.5. The topological polar surface area (TPSA) is 113 Å². The molecule has 1 atom stereocenters. The number of rotatable bonds is 7. The van der Waals surface area contributed by atoms with Crippen molar-refractivity contribution in [3.05, 3.63) is 29.8 Å². The molecule has 2 rings (SSSR count). The number of carbonyl (C=O) groups excluding carboxylic acids is 1. The number of nitrogens with zero attached hydrogens (tertiary/aromatic N) is 1. The predicted molar refractivity (Wildman–Crippen MR) is 89.8 cm³/mol. The number of nitrogens with one attached hydrogen (secondary N) is 1. The van der Waals surface area contributed by atoms with Gasteiger partial charge in [0.1, 0.15) is 6.04 Å². The molecule has 1 aromatic rings. The Bertz CT molecular complexity index is 711. The Kier molecular flexibility index (Phi) is 6.51. The summed E-state index contributed by atoms with van der Waals surface area (Å²) >= 11 is 0. The van der Waals surface area contributed by atoms with Gasteiger partial charge in [0.2, 0.25) is 10.0 Å². The van der Waals surface area contributed by atoms with Crippen molar-refractivity contribution in [1.82, 2.24) is 9.62 Å². The molecule has 0 saturated carbocycles. The van der Waals surface area contributed by atoms with Crippen molar-refractivity contribution in [2.45, 2.75) is 30.7 Å². The van der Waals surface area contributed by atoms with Gasteiger partial charge in [-0.25, -0.2) is 13.2 Å². The quantitative estimate of drug-likeness (QED) is 0.730. The summed E-state index contributed by atoms with van der Waals surface area (Å²) < 4.78 is 31.5. The number of carbonyl (C=O) groups is 2.